The zero-order valence-electron chi connectivity index (χ0n) is 21.5. The minimum absolute atomic E-state index is 0.0755. The van der Waals surface area contributed by atoms with Gasteiger partial charge in [0.25, 0.3) is 0 Å². The Morgan fingerprint density at radius 3 is 2.06 bits per heavy atom. The van der Waals surface area contributed by atoms with Crippen LogP contribution in [0.4, 0.5) is 13.2 Å². The monoisotopic (exact) mass is 500 g/mol. The molecule has 1 aliphatic rings. The molecule has 0 spiro atoms. The number of carbonyl (C=O) groups is 1. The largest absolute Gasteiger partial charge is 0.465 e. The van der Waals surface area contributed by atoms with Gasteiger partial charge in [-0.1, -0.05) is 20.8 Å². The Balaban J connectivity index is 2.84. The van der Waals surface area contributed by atoms with Gasteiger partial charge in [0.15, 0.2) is 8.32 Å². The van der Waals surface area contributed by atoms with E-state index >= 15 is 0 Å². The summed E-state index contributed by atoms with van der Waals surface area (Å²) in [5.41, 5.74) is -0.638. The van der Waals surface area contributed by atoms with Crippen molar-refractivity contribution in [2.75, 3.05) is 20.3 Å². The lowest BCUT2D eigenvalue weighted by Crippen LogP contribution is -2.48. The number of methoxy groups -OCH3 is 1. The first-order chi connectivity index (χ1) is 14.8. The number of alkyl halides is 3. The molecule has 10 heteroatoms. The van der Waals surface area contributed by atoms with Crippen molar-refractivity contribution in [2.24, 2.45) is 11.3 Å². The van der Waals surface area contributed by atoms with E-state index in [1.807, 2.05) is 20.8 Å². The highest BCUT2D eigenvalue weighted by atomic mass is 28.4. The van der Waals surface area contributed by atoms with E-state index < -0.39 is 50.2 Å². The zero-order chi connectivity index (χ0) is 25.8. The molecule has 1 aliphatic heterocycles. The molecule has 0 bridgehead atoms. The van der Waals surface area contributed by atoms with Crippen molar-refractivity contribution in [2.45, 2.75) is 110 Å². The number of carbonyl (C=O) groups excluding carboxylic acids is 1. The molecule has 1 fully saturated rings. The second-order valence-corrected chi connectivity index (χ2v) is 16.2. The molecule has 5 atom stereocenters. The third-order valence-electron chi connectivity index (χ3n) is 6.67. The highest BCUT2D eigenvalue weighted by Gasteiger charge is 2.49. The summed E-state index contributed by atoms with van der Waals surface area (Å²) in [4.78, 5) is 12.0. The third kappa shape index (κ3) is 8.49. The highest BCUT2D eigenvalue weighted by Crippen LogP contribution is 2.41. The maximum atomic E-state index is 13.8. The number of aliphatic hydroxyl groups excluding tert-OH is 1. The van der Waals surface area contributed by atoms with Gasteiger partial charge in [-0.15, -0.1) is 0 Å². The summed E-state index contributed by atoms with van der Waals surface area (Å²) in [5, 5.41) is 9.52. The fraction of sp³-hybridized carbons (Fsp3) is 0.957. The second-order valence-electron chi connectivity index (χ2n) is 11.4. The van der Waals surface area contributed by atoms with Crippen LogP contribution in [0, 0.1) is 11.3 Å². The zero-order valence-corrected chi connectivity index (χ0v) is 22.5. The Kier molecular flexibility index (Phi) is 10.5. The van der Waals surface area contributed by atoms with E-state index in [1.165, 1.54) is 7.11 Å². The number of aliphatic hydroxyl groups is 1. The van der Waals surface area contributed by atoms with Crippen molar-refractivity contribution in [3.05, 3.63) is 0 Å². The van der Waals surface area contributed by atoms with Gasteiger partial charge in [0.1, 0.15) is 6.10 Å². The Morgan fingerprint density at radius 2 is 1.64 bits per heavy atom. The first-order valence-corrected chi connectivity index (χ1v) is 14.5. The predicted octanol–water partition coefficient (Wildman–Crippen LogP) is 5.09. The minimum atomic E-state index is -4.49. The number of hydrogen-bond acceptors (Lipinski definition) is 6. The molecule has 33 heavy (non-hydrogen) atoms. The molecule has 0 radical (unpaired) electrons. The lowest BCUT2D eigenvalue weighted by molar-refractivity contribution is -0.202. The fourth-order valence-electron chi connectivity index (χ4n) is 3.57. The van der Waals surface area contributed by atoms with E-state index in [9.17, 15) is 23.1 Å². The predicted molar refractivity (Wildman–Crippen MR) is 122 cm³/mol. The average molecular weight is 501 g/mol. The van der Waals surface area contributed by atoms with Crippen LogP contribution in [0.25, 0.3) is 0 Å². The van der Waals surface area contributed by atoms with E-state index in [1.54, 1.807) is 33.9 Å². The molecular formula is C23H43F3O6Si. The molecule has 1 N–H and O–H groups in total. The molecule has 6 nitrogen and oxygen atoms in total. The number of hydrogen-bond donors (Lipinski definition) is 1. The maximum Gasteiger partial charge on any atom is 0.413 e. The molecule has 0 aromatic heterocycles. The van der Waals surface area contributed by atoms with E-state index in [-0.39, 0.29) is 37.1 Å². The average Bonchev–Trinajstić information content (AvgIpc) is 2.98. The topological polar surface area (TPSA) is 74.2 Å². The van der Waals surface area contributed by atoms with Gasteiger partial charge >= 0.3 is 12.1 Å². The molecule has 1 rings (SSSR count). The maximum absolute atomic E-state index is 13.8. The molecule has 0 aromatic carbocycles. The molecular weight excluding hydrogens is 457 g/mol. The van der Waals surface area contributed by atoms with Gasteiger partial charge in [0, 0.05) is 19.4 Å². The van der Waals surface area contributed by atoms with Crippen molar-refractivity contribution in [1.82, 2.24) is 0 Å². The Labute approximate surface area is 197 Å². The fourth-order valence-corrected chi connectivity index (χ4v) is 4.89. The first-order valence-electron chi connectivity index (χ1n) is 11.6. The van der Waals surface area contributed by atoms with Crippen LogP contribution < -0.4 is 0 Å². The van der Waals surface area contributed by atoms with Gasteiger partial charge < -0.3 is 23.7 Å². The van der Waals surface area contributed by atoms with Gasteiger partial charge in [-0.3, -0.25) is 4.79 Å². The van der Waals surface area contributed by atoms with Crippen molar-refractivity contribution >= 4 is 14.3 Å². The van der Waals surface area contributed by atoms with E-state index in [0.29, 0.717) is 6.42 Å². The van der Waals surface area contributed by atoms with Gasteiger partial charge in [-0.2, -0.15) is 13.2 Å². The minimum Gasteiger partial charge on any atom is -0.465 e. The second kappa shape index (κ2) is 11.4. The van der Waals surface area contributed by atoms with Crippen LogP contribution in [0.1, 0.15) is 60.8 Å². The van der Waals surface area contributed by atoms with Gasteiger partial charge in [-0.25, -0.2) is 0 Å². The molecule has 1 unspecified atom stereocenters. The number of rotatable bonds is 10. The standard InChI is InChI=1S/C23H43F3O6Si/c1-21(2,3)20(28)30-13-12-16-15(14-27)19(29-7)17(31-16)10-11-18(23(24,25)26)32-33(8,9)22(4,5)6/h15-19,27H,10-14H2,1-9H3/t15-,16+,17-,18?,19-/m1/s1. The molecule has 0 aliphatic carbocycles. The van der Waals surface area contributed by atoms with Gasteiger partial charge in [0.2, 0.25) is 0 Å². The van der Waals surface area contributed by atoms with Gasteiger partial charge in [-0.05, 0) is 51.7 Å². The van der Waals surface area contributed by atoms with Crippen LogP contribution in [0.2, 0.25) is 18.1 Å². The van der Waals surface area contributed by atoms with Gasteiger partial charge in [0.05, 0.1) is 36.9 Å². The molecule has 0 aromatic rings. The van der Waals surface area contributed by atoms with E-state index in [4.69, 9.17) is 18.6 Å². The summed E-state index contributed by atoms with van der Waals surface area (Å²) in [6, 6.07) is 0. The molecule has 0 amide bonds. The smallest absolute Gasteiger partial charge is 0.413 e. The SMILES string of the molecule is CO[C@@H]1[C@H](CO)[C@H](CCOC(=O)C(C)(C)C)O[C@@H]1CCC(O[Si](C)(C)C(C)(C)C)C(F)(F)F. The lowest BCUT2D eigenvalue weighted by atomic mass is 9.93. The number of ether oxygens (including phenoxy) is 3. The van der Waals surface area contributed by atoms with Crippen LogP contribution in [0.15, 0.2) is 0 Å². The van der Waals surface area contributed by atoms with Crippen LogP contribution in [0.3, 0.4) is 0 Å². The number of halogens is 3. The Hall–Kier alpha value is -0.683. The van der Waals surface area contributed by atoms with Crippen molar-refractivity contribution in [3.63, 3.8) is 0 Å². The van der Waals surface area contributed by atoms with Crippen LogP contribution >= 0.6 is 0 Å². The summed E-state index contributed by atoms with van der Waals surface area (Å²) in [6.45, 7) is 14.4. The quantitative estimate of drug-likeness (QED) is 0.333. The normalized spacial score (nSPS) is 25.8. The summed E-state index contributed by atoms with van der Waals surface area (Å²) >= 11 is 0. The highest BCUT2D eigenvalue weighted by molar-refractivity contribution is 6.74. The molecule has 0 saturated carbocycles. The summed E-state index contributed by atoms with van der Waals surface area (Å²) in [5.74, 6) is -0.768. The third-order valence-corrected chi connectivity index (χ3v) is 11.2. The summed E-state index contributed by atoms with van der Waals surface area (Å²) < 4.78 is 63.9. The first kappa shape index (κ1) is 30.3. The Morgan fingerprint density at radius 1 is 1.06 bits per heavy atom. The molecule has 1 saturated heterocycles. The van der Waals surface area contributed by atoms with Crippen LogP contribution in [-0.4, -0.2) is 70.3 Å². The molecule has 196 valence electrons. The number of esters is 1. The van der Waals surface area contributed by atoms with Crippen molar-refractivity contribution in [1.29, 1.82) is 0 Å². The lowest BCUT2D eigenvalue weighted by Gasteiger charge is -2.40. The summed E-state index contributed by atoms with van der Waals surface area (Å²) in [6.07, 6.45) is -7.90. The molecule has 1 heterocycles. The Bertz CT molecular complexity index is 627. The van der Waals surface area contributed by atoms with E-state index in [0.717, 1.165) is 0 Å². The van der Waals surface area contributed by atoms with Crippen LogP contribution in [0.5, 0.6) is 0 Å². The van der Waals surface area contributed by atoms with E-state index in [2.05, 4.69) is 0 Å². The summed E-state index contributed by atoms with van der Waals surface area (Å²) in [7, 11) is -1.18. The van der Waals surface area contributed by atoms with Crippen molar-refractivity contribution in [3.8, 4) is 0 Å². The van der Waals surface area contributed by atoms with Crippen molar-refractivity contribution < 1.29 is 41.7 Å². The van der Waals surface area contributed by atoms with Crippen LogP contribution in [-0.2, 0) is 23.4 Å².